The number of rotatable bonds is 7. The zero-order chi connectivity index (χ0) is 19.2. The highest BCUT2D eigenvalue weighted by Gasteiger charge is 2.19. The van der Waals surface area contributed by atoms with Crippen molar-refractivity contribution in [1.29, 1.82) is 0 Å². The molecule has 1 N–H and O–H groups in total. The average Bonchev–Trinajstić information content (AvgIpc) is 3.20. The summed E-state index contributed by atoms with van der Waals surface area (Å²) >= 11 is 0. The van der Waals surface area contributed by atoms with Gasteiger partial charge in [0.25, 0.3) is 0 Å². The van der Waals surface area contributed by atoms with Gasteiger partial charge in [-0.2, -0.15) is 0 Å². The molecule has 1 aromatic heterocycles. The average molecular weight is 382 g/mol. The van der Waals surface area contributed by atoms with E-state index in [1.165, 1.54) is 5.56 Å². The van der Waals surface area contributed by atoms with Crippen molar-refractivity contribution in [2.45, 2.75) is 19.5 Å². The van der Waals surface area contributed by atoms with Gasteiger partial charge in [0.1, 0.15) is 0 Å². The maximum Gasteiger partial charge on any atom is 0.231 e. The van der Waals surface area contributed by atoms with E-state index in [-0.39, 0.29) is 5.91 Å². The Morgan fingerprint density at radius 1 is 0.964 bits per heavy atom. The number of amides is 1. The quantitative estimate of drug-likeness (QED) is 0.785. The number of ether oxygens (including phenoxy) is 2. The normalized spacial score (nSPS) is 16.9. The molecule has 0 saturated carbocycles. The molecule has 1 saturated heterocycles. The number of benzene rings is 1. The Morgan fingerprint density at radius 3 is 2.54 bits per heavy atom. The lowest BCUT2D eigenvalue weighted by molar-refractivity contribution is -0.121. The van der Waals surface area contributed by atoms with Crippen molar-refractivity contribution >= 4 is 5.91 Å². The minimum atomic E-state index is 0.0969. The third kappa shape index (κ3) is 4.99. The molecule has 3 heterocycles. The van der Waals surface area contributed by atoms with Crippen LogP contribution in [-0.4, -0.2) is 60.2 Å². The lowest BCUT2D eigenvalue weighted by Gasteiger charge is -2.34. The lowest BCUT2D eigenvalue weighted by atomic mass is 10.1. The van der Waals surface area contributed by atoms with E-state index in [2.05, 4.69) is 32.2 Å². The molecule has 1 amide bonds. The summed E-state index contributed by atoms with van der Waals surface area (Å²) in [5.74, 6) is 1.77. The zero-order valence-electron chi connectivity index (χ0n) is 16.0. The molecule has 1 aromatic carbocycles. The SMILES string of the molecule is O=C(CCN1CCN(Cc2ccc3c(c2)OCO3)CC1)NCc1ccncc1. The molecule has 0 radical (unpaired) electrons. The van der Waals surface area contributed by atoms with Gasteiger partial charge in [0, 0.05) is 64.6 Å². The van der Waals surface area contributed by atoms with Crippen molar-refractivity contribution in [2.75, 3.05) is 39.5 Å². The Labute approximate surface area is 165 Å². The third-order valence-electron chi connectivity index (χ3n) is 5.20. The van der Waals surface area contributed by atoms with E-state index in [9.17, 15) is 4.79 Å². The second-order valence-electron chi connectivity index (χ2n) is 7.19. The van der Waals surface area contributed by atoms with Crippen LogP contribution in [0.2, 0.25) is 0 Å². The highest BCUT2D eigenvalue weighted by atomic mass is 16.7. The Kier molecular flexibility index (Phi) is 6.04. The van der Waals surface area contributed by atoms with E-state index in [0.717, 1.165) is 56.3 Å². The van der Waals surface area contributed by atoms with Crippen LogP contribution in [0.3, 0.4) is 0 Å². The smallest absolute Gasteiger partial charge is 0.231 e. The summed E-state index contributed by atoms with van der Waals surface area (Å²) in [5, 5.41) is 2.97. The van der Waals surface area contributed by atoms with Gasteiger partial charge in [0.15, 0.2) is 11.5 Å². The first kappa shape index (κ1) is 18.7. The van der Waals surface area contributed by atoms with Crippen molar-refractivity contribution in [3.05, 3.63) is 53.9 Å². The standard InChI is InChI=1S/C21H26N4O3/c26-21(23-14-17-3-6-22-7-4-17)5-8-24-9-11-25(12-10-24)15-18-1-2-19-20(13-18)28-16-27-19/h1-4,6-7,13H,5,8-12,14-16H2,(H,23,26). The Balaban J connectivity index is 1.15. The number of aromatic nitrogens is 1. The van der Waals surface area contributed by atoms with E-state index < -0.39 is 0 Å². The lowest BCUT2D eigenvalue weighted by Crippen LogP contribution is -2.46. The summed E-state index contributed by atoms with van der Waals surface area (Å²) in [4.78, 5) is 20.9. The Morgan fingerprint density at radius 2 is 1.71 bits per heavy atom. The minimum Gasteiger partial charge on any atom is -0.454 e. The number of carbonyl (C=O) groups excluding carboxylic acids is 1. The summed E-state index contributed by atoms with van der Waals surface area (Å²) in [6, 6.07) is 9.99. The molecule has 0 aliphatic carbocycles. The summed E-state index contributed by atoms with van der Waals surface area (Å²) < 4.78 is 10.8. The Bertz CT molecular complexity index is 791. The van der Waals surface area contributed by atoms with Gasteiger partial charge in [-0.25, -0.2) is 0 Å². The maximum absolute atomic E-state index is 12.1. The fraction of sp³-hybridized carbons (Fsp3) is 0.429. The van der Waals surface area contributed by atoms with Crippen LogP contribution in [0.1, 0.15) is 17.5 Å². The number of pyridine rings is 1. The summed E-state index contributed by atoms with van der Waals surface area (Å²) in [6.07, 6.45) is 4.02. The second-order valence-corrected chi connectivity index (χ2v) is 7.19. The topological polar surface area (TPSA) is 66.9 Å². The van der Waals surface area contributed by atoms with Crippen LogP contribution < -0.4 is 14.8 Å². The number of carbonyl (C=O) groups is 1. The van der Waals surface area contributed by atoms with E-state index in [1.807, 2.05) is 18.2 Å². The van der Waals surface area contributed by atoms with Crippen molar-refractivity contribution in [3.63, 3.8) is 0 Å². The molecule has 7 heteroatoms. The molecular weight excluding hydrogens is 356 g/mol. The molecule has 7 nitrogen and oxygen atoms in total. The summed E-state index contributed by atoms with van der Waals surface area (Å²) in [5.41, 5.74) is 2.31. The number of nitrogens with zero attached hydrogens (tertiary/aromatic N) is 3. The van der Waals surface area contributed by atoms with Crippen molar-refractivity contribution in [2.24, 2.45) is 0 Å². The molecule has 1 fully saturated rings. The van der Waals surface area contributed by atoms with Crippen molar-refractivity contribution in [1.82, 2.24) is 20.1 Å². The van der Waals surface area contributed by atoms with Crippen LogP contribution >= 0.6 is 0 Å². The van der Waals surface area contributed by atoms with E-state index in [1.54, 1.807) is 12.4 Å². The number of hydrogen-bond acceptors (Lipinski definition) is 6. The predicted octanol–water partition coefficient (Wildman–Crippen LogP) is 1.63. The zero-order valence-corrected chi connectivity index (χ0v) is 16.0. The van der Waals surface area contributed by atoms with Crippen LogP contribution in [0.5, 0.6) is 11.5 Å². The van der Waals surface area contributed by atoms with Crippen LogP contribution in [0.25, 0.3) is 0 Å². The predicted molar refractivity (Wildman–Crippen MR) is 105 cm³/mol. The first-order chi connectivity index (χ1) is 13.8. The number of fused-ring (bicyclic) bond motifs is 1. The van der Waals surface area contributed by atoms with E-state index >= 15 is 0 Å². The molecule has 28 heavy (non-hydrogen) atoms. The Hall–Kier alpha value is -2.64. The van der Waals surface area contributed by atoms with Gasteiger partial charge in [-0.15, -0.1) is 0 Å². The molecule has 4 rings (SSSR count). The fourth-order valence-corrected chi connectivity index (χ4v) is 3.52. The largest absolute Gasteiger partial charge is 0.454 e. The van der Waals surface area contributed by atoms with Crippen LogP contribution in [-0.2, 0) is 17.9 Å². The molecule has 0 atom stereocenters. The van der Waals surface area contributed by atoms with Crippen LogP contribution in [0.15, 0.2) is 42.7 Å². The van der Waals surface area contributed by atoms with Gasteiger partial charge in [0.2, 0.25) is 12.7 Å². The fourth-order valence-electron chi connectivity index (χ4n) is 3.52. The highest BCUT2D eigenvalue weighted by Crippen LogP contribution is 2.32. The van der Waals surface area contributed by atoms with Gasteiger partial charge in [-0.3, -0.25) is 14.7 Å². The van der Waals surface area contributed by atoms with Crippen LogP contribution in [0, 0.1) is 0 Å². The number of hydrogen-bond donors (Lipinski definition) is 1. The van der Waals surface area contributed by atoms with Gasteiger partial charge >= 0.3 is 0 Å². The van der Waals surface area contributed by atoms with Gasteiger partial charge in [-0.05, 0) is 35.4 Å². The summed E-state index contributed by atoms with van der Waals surface area (Å²) in [6.45, 7) is 6.58. The first-order valence-electron chi connectivity index (χ1n) is 9.75. The van der Waals surface area contributed by atoms with Crippen LogP contribution in [0.4, 0.5) is 0 Å². The molecule has 0 bridgehead atoms. The van der Waals surface area contributed by atoms with Crippen molar-refractivity contribution < 1.29 is 14.3 Å². The van der Waals surface area contributed by atoms with Gasteiger partial charge < -0.3 is 19.7 Å². The second kappa shape index (κ2) is 9.03. The van der Waals surface area contributed by atoms with E-state index in [4.69, 9.17) is 9.47 Å². The third-order valence-corrected chi connectivity index (χ3v) is 5.20. The number of piperazine rings is 1. The number of nitrogens with one attached hydrogen (secondary N) is 1. The molecule has 148 valence electrons. The van der Waals surface area contributed by atoms with E-state index in [0.29, 0.717) is 19.8 Å². The maximum atomic E-state index is 12.1. The molecule has 0 unspecified atom stereocenters. The monoisotopic (exact) mass is 382 g/mol. The first-order valence-corrected chi connectivity index (χ1v) is 9.75. The molecule has 0 spiro atoms. The molecule has 2 aliphatic heterocycles. The highest BCUT2D eigenvalue weighted by molar-refractivity contribution is 5.76. The summed E-state index contributed by atoms with van der Waals surface area (Å²) in [7, 11) is 0. The molecule has 2 aromatic rings. The van der Waals surface area contributed by atoms with Gasteiger partial charge in [-0.1, -0.05) is 6.07 Å². The molecular formula is C21H26N4O3. The van der Waals surface area contributed by atoms with Crippen molar-refractivity contribution in [3.8, 4) is 11.5 Å². The molecule has 2 aliphatic rings. The van der Waals surface area contributed by atoms with Gasteiger partial charge in [0.05, 0.1) is 0 Å². The minimum absolute atomic E-state index is 0.0969.